The fourth-order valence-electron chi connectivity index (χ4n) is 3.02. The Labute approximate surface area is 159 Å². The van der Waals surface area contributed by atoms with Gasteiger partial charge in [0.15, 0.2) is 5.76 Å². The quantitative estimate of drug-likeness (QED) is 0.758. The highest BCUT2D eigenvalue weighted by Crippen LogP contribution is 2.24. The first-order valence-corrected chi connectivity index (χ1v) is 8.74. The Balaban J connectivity index is 1.50. The number of carbonyl (C=O) groups excluding carboxylic acids is 2. The zero-order chi connectivity index (χ0) is 20.1. The molecule has 0 atom stereocenters. The van der Waals surface area contributed by atoms with Gasteiger partial charge in [-0.05, 0) is 25.0 Å². The van der Waals surface area contributed by atoms with Crippen molar-refractivity contribution in [3.05, 3.63) is 41.6 Å². The van der Waals surface area contributed by atoms with Crippen molar-refractivity contribution in [2.75, 3.05) is 20.2 Å². The first kappa shape index (κ1) is 19.7. The van der Waals surface area contributed by atoms with E-state index in [0.717, 1.165) is 12.1 Å². The lowest BCUT2D eigenvalue weighted by atomic mass is 9.96. The second-order valence-electron chi connectivity index (χ2n) is 6.40. The van der Waals surface area contributed by atoms with Crippen LogP contribution in [0.3, 0.4) is 0 Å². The molecule has 0 aliphatic carbocycles. The lowest BCUT2D eigenvalue weighted by Crippen LogP contribution is -2.46. The number of benzene rings is 1. The molecule has 2 heterocycles. The van der Waals surface area contributed by atoms with Crippen molar-refractivity contribution < 1.29 is 27.7 Å². The van der Waals surface area contributed by atoms with Gasteiger partial charge in [-0.15, -0.1) is 0 Å². The molecule has 0 unspecified atom stereocenters. The number of hydroxylamine groups is 1. The Morgan fingerprint density at radius 1 is 1.29 bits per heavy atom. The van der Waals surface area contributed by atoms with Crippen molar-refractivity contribution in [3.63, 3.8) is 0 Å². The molecule has 3 amide bonds. The minimum absolute atomic E-state index is 0.0860. The molecule has 1 aliphatic heterocycles. The third kappa shape index (κ3) is 4.63. The summed E-state index contributed by atoms with van der Waals surface area (Å²) in [6.07, 6.45) is 1.08. The van der Waals surface area contributed by atoms with Gasteiger partial charge in [0.25, 0.3) is 0 Å². The number of nitrogens with one attached hydrogen (secondary N) is 2. The Morgan fingerprint density at radius 3 is 2.71 bits per heavy atom. The van der Waals surface area contributed by atoms with Crippen molar-refractivity contribution in [2.45, 2.75) is 19.4 Å². The maximum absolute atomic E-state index is 13.8. The molecule has 2 aromatic rings. The number of halogens is 2. The molecule has 1 fully saturated rings. The molecule has 1 aliphatic rings. The molecule has 0 spiro atoms. The van der Waals surface area contributed by atoms with Crippen LogP contribution in [0.15, 0.2) is 28.8 Å². The molecule has 3 rings (SSSR count). The molecule has 0 radical (unpaired) electrons. The van der Waals surface area contributed by atoms with E-state index in [1.807, 2.05) is 0 Å². The number of amides is 3. The topological polar surface area (TPSA) is 96.7 Å². The second-order valence-corrected chi connectivity index (χ2v) is 6.40. The van der Waals surface area contributed by atoms with E-state index in [9.17, 15) is 18.4 Å². The molecule has 0 bridgehead atoms. The van der Waals surface area contributed by atoms with Crippen LogP contribution in [0.1, 0.15) is 18.5 Å². The van der Waals surface area contributed by atoms with Gasteiger partial charge >= 0.3 is 6.03 Å². The fraction of sp³-hybridized carbons (Fsp3) is 0.389. The van der Waals surface area contributed by atoms with Gasteiger partial charge in [0.05, 0.1) is 19.2 Å². The highest BCUT2D eigenvalue weighted by atomic mass is 19.1. The average Bonchev–Trinajstić information content (AvgIpc) is 3.15. The van der Waals surface area contributed by atoms with Gasteiger partial charge in [-0.25, -0.2) is 19.1 Å². The van der Waals surface area contributed by atoms with Crippen molar-refractivity contribution in [1.82, 2.24) is 20.9 Å². The predicted molar refractivity (Wildman–Crippen MR) is 93.5 cm³/mol. The summed E-state index contributed by atoms with van der Waals surface area (Å²) in [4.78, 5) is 30.2. The van der Waals surface area contributed by atoms with Crippen LogP contribution in [-0.4, -0.2) is 42.2 Å². The van der Waals surface area contributed by atoms with Gasteiger partial charge < -0.3 is 14.7 Å². The Hall–Kier alpha value is -3.01. The molecule has 2 N–H and O–H groups in total. The molecule has 10 heteroatoms. The summed E-state index contributed by atoms with van der Waals surface area (Å²) < 4.78 is 31.9. The van der Waals surface area contributed by atoms with Crippen LogP contribution < -0.4 is 10.8 Å². The van der Waals surface area contributed by atoms with E-state index in [1.54, 1.807) is 4.90 Å². The molecular formula is C18H20F2N4O4. The number of piperidine rings is 1. The molecule has 150 valence electrons. The van der Waals surface area contributed by atoms with E-state index in [-0.39, 0.29) is 35.7 Å². The van der Waals surface area contributed by atoms with Crippen molar-refractivity contribution in [2.24, 2.45) is 5.92 Å². The average molecular weight is 394 g/mol. The minimum Gasteiger partial charge on any atom is -0.356 e. The van der Waals surface area contributed by atoms with Crippen LogP contribution in [0.25, 0.3) is 11.3 Å². The van der Waals surface area contributed by atoms with Crippen molar-refractivity contribution in [1.29, 1.82) is 0 Å². The monoisotopic (exact) mass is 394 g/mol. The Bertz CT molecular complexity index is 850. The van der Waals surface area contributed by atoms with Gasteiger partial charge in [0.1, 0.15) is 17.3 Å². The van der Waals surface area contributed by atoms with E-state index >= 15 is 0 Å². The number of likely N-dealkylation sites (tertiary alicyclic amines) is 1. The summed E-state index contributed by atoms with van der Waals surface area (Å²) in [5, 5.41) is 6.51. The highest BCUT2D eigenvalue weighted by Gasteiger charge is 2.27. The molecule has 1 saturated heterocycles. The lowest BCUT2D eigenvalue weighted by molar-refractivity contribution is -0.136. The number of nitrogens with zero attached hydrogens (tertiary/aromatic N) is 2. The SMILES string of the molecule is CONC(=O)C1CCN(C(=O)NCc2cc(-c3ccc(F)cc3F)on2)CC1. The van der Waals surface area contributed by atoms with Gasteiger partial charge in [-0.1, -0.05) is 5.16 Å². The van der Waals surface area contributed by atoms with Crippen LogP contribution >= 0.6 is 0 Å². The Morgan fingerprint density at radius 2 is 2.04 bits per heavy atom. The molecule has 1 aromatic carbocycles. The summed E-state index contributed by atoms with van der Waals surface area (Å²) in [6, 6.07) is 4.34. The summed E-state index contributed by atoms with van der Waals surface area (Å²) >= 11 is 0. The summed E-state index contributed by atoms with van der Waals surface area (Å²) in [6.45, 7) is 0.978. The third-order valence-corrected chi connectivity index (χ3v) is 4.53. The smallest absolute Gasteiger partial charge is 0.317 e. The van der Waals surface area contributed by atoms with E-state index < -0.39 is 11.6 Å². The highest BCUT2D eigenvalue weighted by molar-refractivity contribution is 5.78. The number of urea groups is 1. The normalized spacial score (nSPS) is 14.8. The minimum atomic E-state index is -0.757. The largest absolute Gasteiger partial charge is 0.356 e. The van der Waals surface area contributed by atoms with Gasteiger partial charge in [-0.3, -0.25) is 9.63 Å². The summed E-state index contributed by atoms with van der Waals surface area (Å²) in [7, 11) is 1.38. The predicted octanol–water partition coefficient (Wildman–Crippen LogP) is 2.22. The van der Waals surface area contributed by atoms with Crippen molar-refractivity contribution >= 4 is 11.9 Å². The fourth-order valence-corrected chi connectivity index (χ4v) is 3.02. The van der Waals surface area contributed by atoms with Gasteiger partial charge in [-0.2, -0.15) is 0 Å². The standard InChI is InChI=1S/C18H20F2N4O4/c1-27-23-17(25)11-4-6-24(7-5-11)18(26)21-10-13-9-16(28-22-13)14-3-2-12(19)8-15(14)20/h2-3,8-9,11H,4-7,10H2,1H3,(H,21,26)(H,23,25). The van der Waals surface area contributed by atoms with Crippen LogP contribution in [0.4, 0.5) is 13.6 Å². The molecular weight excluding hydrogens is 374 g/mol. The number of hydrogen-bond acceptors (Lipinski definition) is 5. The van der Waals surface area contributed by atoms with E-state index in [0.29, 0.717) is 31.6 Å². The molecule has 8 nitrogen and oxygen atoms in total. The van der Waals surface area contributed by atoms with Gasteiger partial charge in [0, 0.05) is 31.1 Å². The van der Waals surface area contributed by atoms with Crippen LogP contribution in [0.5, 0.6) is 0 Å². The van der Waals surface area contributed by atoms with Gasteiger partial charge in [0.2, 0.25) is 5.91 Å². The van der Waals surface area contributed by atoms with Crippen LogP contribution in [0, 0.1) is 17.6 Å². The molecule has 1 aromatic heterocycles. The van der Waals surface area contributed by atoms with Crippen LogP contribution in [0.2, 0.25) is 0 Å². The van der Waals surface area contributed by atoms with E-state index in [2.05, 4.69) is 20.8 Å². The number of aromatic nitrogens is 1. The number of hydrogen-bond donors (Lipinski definition) is 2. The maximum atomic E-state index is 13.8. The zero-order valence-corrected chi connectivity index (χ0v) is 15.2. The number of rotatable bonds is 5. The maximum Gasteiger partial charge on any atom is 0.317 e. The van der Waals surface area contributed by atoms with Crippen molar-refractivity contribution in [3.8, 4) is 11.3 Å². The first-order valence-electron chi connectivity index (χ1n) is 8.74. The Kier molecular flexibility index (Phi) is 6.19. The summed E-state index contributed by atoms with van der Waals surface area (Å²) in [5.41, 5.74) is 2.79. The lowest BCUT2D eigenvalue weighted by Gasteiger charge is -2.31. The second kappa shape index (κ2) is 8.79. The number of carbonyl (C=O) groups is 2. The van der Waals surface area contributed by atoms with Crippen LogP contribution in [-0.2, 0) is 16.2 Å². The summed E-state index contributed by atoms with van der Waals surface area (Å²) in [5.74, 6) is -1.67. The van der Waals surface area contributed by atoms with E-state index in [1.165, 1.54) is 19.2 Å². The third-order valence-electron chi connectivity index (χ3n) is 4.53. The first-order chi connectivity index (χ1) is 13.5. The molecule has 28 heavy (non-hydrogen) atoms. The molecule has 0 saturated carbocycles. The van der Waals surface area contributed by atoms with E-state index in [4.69, 9.17) is 4.52 Å². The zero-order valence-electron chi connectivity index (χ0n) is 15.2.